The zero-order valence-corrected chi connectivity index (χ0v) is 18.1. The smallest absolute Gasteiger partial charge is 0.120 e. The average Bonchev–Trinajstić information content (AvgIpc) is 2.72. The molecule has 1 saturated heterocycles. The summed E-state index contributed by atoms with van der Waals surface area (Å²) in [5.41, 5.74) is 2.74. The van der Waals surface area contributed by atoms with Crippen molar-refractivity contribution in [2.45, 2.75) is 51.3 Å². The molecule has 1 fully saturated rings. The number of likely N-dealkylation sites (N-methyl/N-ethyl adjacent to an activating group) is 1. The van der Waals surface area contributed by atoms with Crippen LogP contribution in [0.5, 0.6) is 0 Å². The second-order valence-corrected chi connectivity index (χ2v) is 8.75. The lowest BCUT2D eigenvalue weighted by atomic mass is 10.0. The SMILES string of the molecule is CN(CCc1ccccc1)[C@H]1CCCN(Cc2ccc(C#CC(C)(C)O)cc2)C1. The van der Waals surface area contributed by atoms with Gasteiger partial charge in [0, 0.05) is 31.2 Å². The Bertz CT molecular complexity index is 812. The highest BCUT2D eigenvalue weighted by Gasteiger charge is 2.23. The van der Waals surface area contributed by atoms with E-state index in [1.54, 1.807) is 13.8 Å². The fraction of sp³-hybridized carbons (Fsp3) is 0.462. The van der Waals surface area contributed by atoms with Crippen LogP contribution in [0.15, 0.2) is 54.6 Å². The van der Waals surface area contributed by atoms with Gasteiger partial charge in [0.05, 0.1) is 0 Å². The van der Waals surface area contributed by atoms with Crippen LogP contribution in [0.3, 0.4) is 0 Å². The molecule has 0 bridgehead atoms. The van der Waals surface area contributed by atoms with E-state index in [9.17, 15) is 5.11 Å². The van der Waals surface area contributed by atoms with Crippen molar-refractivity contribution in [3.63, 3.8) is 0 Å². The molecule has 2 aromatic carbocycles. The summed E-state index contributed by atoms with van der Waals surface area (Å²) >= 11 is 0. The Balaban J connectivity index is 1.50. The van der Waals surface area contributed by atoms with E-state index in [0.29, 0.717) is 6.04 Å². The van der Waals surface area contributed by atoms with E-state index in [0.717, 1.165) is 31.6 Å². The summed E-state index contributed by atoms with van der Waals surface area (Å²) in [6.07, 6.45) is 3.66. The Morgan fingerprint density at radius 1 is 1.07 bits per heavy atom. The molecule has 0 spiro atoms. The first-order valence-electron chi connectivity index (χ1n) is 10.7. The summed E-state index contributed by atoms with van der Waals surface area (Å²) in [6, 6.07) is 19.8. The predicted molar refractivity (Wildman–Crippen MR) is 121 cm³/mol. The highest BCUT2D eigenvalue weighted by molar-refractivity contribution is 5.37. The van der Waals surface area contributed by atoms with Crippen LogP contribution >= 0.6 is 0 Å². The first-order chi connectivity index (χ1) is 13.9. The van der Waals surface area contributed by atoms with Gasteiger partial charge in [0.1, 0.15) is 5.60 Å². The van der Waals surface area contributed by atoms with Gasteiger partial charge >= 0.3 is 0 Å². The van der Waals surface area contributed by atoms with Crippen LogP contribution in [-0.4, -0.2) is 53.2 Å². The van der Waals surface area contributed by atoms with Crippen molar-refractivity contribution in [3.05, 3.63) is 71.3 Å². The van der Waals surface area contributed by atoms with Crippen molar-refractivity contribution in [3.8, 4) is 11.8 Å². The molecule has 1 aliphatic heterocycles. The number of benzene rings is 2. The minimum Gasteiger partial charge on any atom is -0.378 e. The van der Waals surface area contributed by atoms with Crippen molar-refractivity contribution in [2.75, 3.05) is 26.7 Å². The van der Waals surface area contributed by atoms with E-state index in [4.69, 9.17) is 0 Å². The lowest BCUT2D eigenvalue weighted by molar-refractivity contribution is 0.112. The summed E-state index contributed by atoms with van der Waals surface area (Å²) in [5, 5.41) is 9.74. The summed E-state index contributed by atoms with van der Waals surface area (Å²) < 4.78 is 0. The Kier molecular flexibility index (Phi) is 7.50. The van der Waals surface area contributed by atoms with Crippen LogP contribution in [0.2, 0.25) is 0 Å². The first-order valence-corrected chi connectivity index (χ1v) is 10.7. The fourth-order valence-corrected chi connectivity index (χ4v) is 3.84. The minimum atomic E-state index is -0.950. The third kappa shape index (κ3) is 7.33. The second-order valence-electron chi connectivity index (χ2n) is 8.75. The highest BCUT2D eigenvalue weighted by Crippen LogP contribution is 2.18. The molecule has 1 atom stereocenters. The molecule has 3 heteroatoms. The van der Waals surface area contributed by atoms with Crippen molar-refractivity contribution < 1.29 is 5.11 Å². The van der Waals surface area contributed by atoms with E-state index in [2.05, 4.69) is 83.3 Å². The van der Waals surface area contributed by atoms with Gasteiger partial charge in [0.2, 0.25) is 0 Å². The number of nitrogens with zero attached hydrogens (tertiary/aromatic N) is 2. The molecule has 0 aliphatic carbocycles. The van der Waals surface area contributed by atoms with E-state index in [-0.39, 0.29) is 0 Å². The first kappa shape index (κ1) is 21.6. The van der Waals surface area contributed by atoms with E-state index < -0.39 is 5.60 Å². The summed E-state index contributed by atoms with van der Waals surface area (Å²) in [5.74, 6) is 5.92. The standard InChI is InChI=1S/C26H34N2O/c1-26(2,29)17-15-23-11-13-24(14-12-23)20-28-18-7-10-25(21-28)27(3)19-16-22-8-5-4-6-9-22/h4-6,8-9,11-14,25,29H,7,10,16,18-21H2,1-3H3/t25-/m0/s1. The number of hydrogen-bond acceptors (Lipinski definition) is 3. The van der Waals surface area contributed by atoms with Gasteiger partial charge in [0.25, 0.3) is 0 Å². The third-order valence-electron chi connectivity index (χ3n) is 5.57. The van der Waals surface area contributed by atoms with E-state index in [1.165, 1.54) is 30.5 Å². The minimum absolute atomic E-state index is 0.629. The fourth-order valence-electron chi connectivity index (χ4n) is 3.84. The molecule has 0 unspecified atom stereocenters. The van der Waals surface area contributed by atoms with Crippen LogP contribution in [0.4, 0.5) is 0 Å². The van der Waals surface area contributed by atoms with Gasteiger partial charge in [-0.2, -0.15) is 0 Å². The van der Waals surface area contributed by atoms with E-state index >= 15 is 0 Å². The Morgan fingerprint density at radius 2 is 1.79 bits per heavy atom. The average molecular weight is 391 g/mol. The number of aliphatic hydroxyl groups is 1. The lowest BCUT2D eigenvalue weighted by Crippen LogP contribution is -2.46. The zero-order valence-electron chi connectivity index (χ0n) is 18.1. The molecule has 3 rings (SSSR count). The van der Waals surface area contributed by atoms with Crippen molar-refractivity contribution in [1.82, 2.24) is 9.80 Å². The van der Waals surface area contributed by atoms with Gasteiger partial charge < -0.3 is 10.0 Å². The van der Waals surface area contributed by atoms with Gasteiger partial charge in [-0.3, -0.25) is 4.90 Å². The monoisotopic (exact) mass is 390 g/mol. The molecule has 1 heterocycles. The lowest BCUT2D eigenvalue weighted by Gasteiger charge is -2.37. The summed E-state index contributed by atoms with van der Waals surface area (Å²) in [6.45, 7) is 7.81. The van der Waals surface area contributed by atoms with Crippen LogP contribution in [0, 0.1) is 11.8 Å². The molecule has 0 amide bonds. The van der Waals surface area contributed by atoms with Crippen LogP contribution in [0.25, 0.3) is 0 Å². The van der Waals surface area contributed by atoms with Gasteiger partial charge in [-0.15, -0.1) is 0 Å². The quantitative estimate of drug-likeness (QED) is 0.757. The Labute approximate surface area is 176 Å². The maximum atomic E-state index is 9.74. The van der Waals surface area contributed by atoms with Gasteiger partial charge in [-0.25, -0.2) is 0 Å². The molecular formula is C26H34N2O. The van der Waals surface area contributed by atoms with Crippen LogP contribution < -0.4 is 0 Å². The number of piperidine rings is 1. The van der Waals surface area contributed by atoms with Crippen molar-refractivity contribution in [2.24, 2.45) is 0 Å². The molecule has 3 nitrogen and oxygen atoms in total. The Morgan fingerprint density at radius 3 is 2.48 bits per heavy atom. The molecule has 0 radical (unpaired) electrons. The zero-order chi connectivity index (χ0) is 20.7. The molecule has 0 aromatic heterocycles. The van der Waals surface area contributed by atoms with E-state index in [1.807, 2.05) is 0 Å². The summed E-state index contributed by atoms with van der Waals surface area (Å²) in [7, 11) is 2.27. The second kappa shape index (κ2) is 10.1. The maximum Gasteiger partial charge on any atom is 0.120 e. The van der Waals surface area contributed by atoms with Crippen molar-refractivity contribution in [1.29, 1.82) is 0 Å². The number of hydrogen-bond donors (Lipinski definition) is 1. The topological polar surface area (TPSA) is 26.7 Å². The van der Waals surface area contributed by atoms with Gasteiger partial charge in [-0.1, -0.05) is 54.3 Å². The molecule has 29 heavy (non-hydrogen) atoms. The van der Waals surface area contributed by atoms with Gasteiger partial charge in [0.15, 0.2) is 0 Å². The molecule has 1 N–H and O–H groups in total. The molecule has 1 aliphatic rings. The number of rotatable bonds is 6. The Hall–Kier alpha value is -2.12. The maximum absolute atomic E-state index is 9.74. The van der Waals surface area contributed by atoms with Gasteiger partial charge in [-0.05, 0) is 70.0 Å². The highest BCUT2D eigenvalue weighted by atomic mass is 16.3. The molecule has 154 valence electrons. The molecule has 0 saturated carbocycles. The normalized spacial score (nSPS) is 17.8. The largest absolute Gasteiger partial charge is 0.378 e. The molecular weight excluding hydrogens is 356 g/mol. The van der Waals surface area contributed by atoms with Crippen LogP contribution in [-0.2, 0) is 13.0 Å². The molecule has 2 aromatic rings. The summed E-state index contributed by atoms with van der Waals surface area (Å²) in [4.78, 5) is 5.11. The predicted octanol–water partition coefficient (Wildman–Crippen LogP) is 3.95. The third-order valence-corrected chi connectivity index (χ3v) is 5.57. The number of likely N-dealkylation sites (tertiary alicyclic amines) is 1. The van der Waals surface area contributed by atoms with Crippen molar-refractivity contribution >= 4 is 0 Å². The van der Waals surface area contributed by atoms with Crippen LogP contribution in [0.1, 0.15) is 43.4 Å².